The van der Waals surface area contributed by atoms with E-state index in [1.165, 1.54) is 12.8 Å². The zero-order valence-corrected chi connectivity index (χ0v) is 8.67. The maximum atomic E-state index is 5.66. The number of rotatable bonds is 6. The minimum Gasteiger partial charge on any atom is -0.312 e. The minimum atomic E-state index is 0.219. The molecule has 0 atom stereocenters. The van der Waals surface area contributed by atoms with Gasteiger partial charge in [-0.15, -0.1) is 11.6 Å². The van der Waals surface area contributed by atoms with Gasteiger partial charge in [-0.2, -0.15) is 0 Å². The number of hydrogen-bond acceptors (Lipinski definition) is 1. The highest BCUT2D eigenvalue weighted by Crippen LogP contribution is 2.08. The van der Waals surface area contributed by atoms with Gasteiger partial charge < -0.3 is 5.32 Å². The lowest BCUT2D eigenvalue weighted by Gasteiger charge is -2.25. The summed E-state index contributed by atoms with van der Waals surface area (Å²) < 4.78 is 0. The molecular formula is C9H20ClN. The fourth-order valence-corrected chi connectivity index (χ4v) is 1.40. The Kier molecular flexibility index (Phi) is 5.98. The zero-order chi connectivity index (χ0) is 8.74. The average molecular weight is 178 g/mol. The van der Waals surface area contributed by atoms with E-state index in [9.17, 15) is 0 Å². The summed E-state index contributed by atoms with van der Waals surface area (Å²) in [4.78, 5) is 0. The molecule has 11 heavy (non-hydrogen) atoms. The van der Waals surface area contributed by atoms with Crippen LogP contribution < -0.4 is 5.32 Å². The highest BCUT2D eigenvalue weighted by Gasteiger charge is 2.14. The van der Waals surface area contributed by atoms with Gasteiger partial charge in [0.15, 0.2) is 0 Å². The minimum absolute atomic E-state index is 0.219. The second-order valence-electron chi connectivity index (χ2n) is 3.60. The van der Waals surface area contributed by atoms with Crippen molar-refractivity contribution in [1.82, 2.24) is 5.32 Å². The highest BCUT2D eigenvalue weighted by atomic mass is 35.5. The Morgan fingerprint density at radius 3 is 2.45 bits per heavy atom. The third-order valence-electron chi connectivity index (χ3n) is 1.85. The lowest BCUT2D eigenvalue weighted by atomic mass is 10.0. The van der Waals surface area contributed by atoms with Gasteiger partial charge in [0.05, 0.1) is 0 Å². The molecule has 0 bridgehead atoms. The number of unbranched alkanes of at least 4 members (excludes halogenated alkanes) is 1. The first-order chi connectivity index (χ1) is 5.12. The van der Waals surface area contributed by atoms with E-state index in [0.717, 1.165) is 18.8 Å². The Labute approximate surface area is 75.5 Å². The molecule has 0 spiro atoms. The largest absolute Gasteiger partial charge is 0.312 e. The van der Waals surface area contributed by atoms with Crippen molar-refractivity contribution in [2.45, 2.75) is 45.6 Å². The Bertz CT molecular complexity index is 91.6. The van der Waals surface area contributed by atoms with Gasteiger partial charge in [0.2, 0.25) is 0 Å². The van der Waals surface area contributed by atoms with Crippen LogP contribution in [0.3, 0.4) is 0 Å². The van der Waals surface area contributed by atoms with Crippen LogP contribution in [0.25, 0.3) is 0 Å². The summed E-state index contributed by atoms with van der Waals surface area (Å²) in [5.74, 6) is 0.742. The second kappa shape index (κ2) is 5.84. The van der Waals surface area contributed by atoms with Crippen molar-refractivity contribution in [3.63, 3.8) is 0 Å². The fourth-order valence-electron chi connectivity index (χ4n) is 0.928. The molecule has 0 saturated heterocycles. The van der Waals surface area contributed by atoms with Crippen molar-refractivity contribution in [2.75, 3.05) is 12.4 Å². The number of nitrogens with one attached hydrogen (secondary N) is 1. The predicted octanol–water partition coefficient (Wildman–Crippen LogP) is 2.78. The summed E-state index contributed by atoms with van der Waals surface area (Å²) in [5, 5.41) is 3.48. The van der Waals surface area contributed by atoms with Crippen LogP contribution in [0.4, 0.5) is 0 Å². The van der Waals surface area contributed by atoms with E-state index >= 15 is 0 Å². The van der Waals surface area contributed by atoms with Crippen LogP contribution >= 0.6 is 11.6 Å². The molecule has 0 aliphatic rings. The monoisotopic (exact) mass is 177 g/mol. The molecule has 0 aliphatic heterocycles. The molecule has 0 unspecified atom stereocenters. The normalized spacial score (nSPS) is 12.0. The standard InChI is InChI=1S/C9H20ClN/c1-4-5-8-11-9(2,3)6-7-10/h11H,4-8H2,1-3H3. The summed E-state index contributed by atoms with van der Waals surface area (Å²) in [7, 11) is 0. The molecule has 0 heterocycles. The molecular weight excluding hydrogens is 158 g/mol. The third-order valence-corrected chi connectivity index (χ3v) is 2.04. The van der Waals surface area contributed by atoms with Crippen LogP contribution in [0.2, 0.25) is 0 Å². The van der Waals surface area contributed by atoms with Crippen molar-refractivity contribution < 1.29 is 0 Å². The molecule has 0 saturated carbocycles. The van der Waals surface area contributed by atoms with Crippen molar-refractivity contribution in [3.8, 4) is 0 Å². The molecule has 0 amide bonds. The molecule has 2 heteroatoms. The Morgan fingerprint density at radius 1 is 1.36 bits per heavy atom. The van der Waals surface area contributed by atoms with Crippen molar-refractivity contribution in [3.05, 3.63) is 0 Å². The molecule has 1 nitrogen and oxygen atoms in total. The van der Waals surface area contributed by atoms with Gasteiger partial charge in [-0.3, -0.25) is 0 Å². The first kappa shape index (κ1) is 11.2. The van der Waals surface area contributed by atoms with Gasteiger partial charge in [0.1, 0.15) is 0 Å². The maximum Gasteiger partial charge on any atom is 0.0240 e. The number of hydrogen-bond donors (Lipinski definition) is 1. The lowest BCUT2D eigenvalue weighted by molar-refractivity contribution is 0.375. The summed E-state index contributed by atoms with van der Waals surface area (Å²) in [6, 6.07) is 0. The fraction of sp³-hybridized carbons (Fsp3) is 1.00. The van der Waals surface area contributed by atoms with Crippen LogP contribution in [0.5, 0.6) is 0 Å². The molecule has 0 fully saturated rings. The van der Waals surface area contributed by atoms with Gasteiger partial charge in [0.25, 0.3) is 0 Å². The van der Waals surface area contributed by atoms with Crippen LogP contribution in [0.15, 0.2) is 0 Å². The summed E-state index contributed by atoms with van der Waals surface area (Å²) in [5.41, 5.74) is 0.219. The van der Waals surface area contributed by atoms with Gasteiger partial charge in [-0.25, -0.2) is 0 Å². The SMILES string of the molecule is CCCCNC(C)(C)CCCl. The molecule has 0 aromatic rings. The quantitative estimate of drug-likeness (QED) is 0.486. The van der Waals surface area contributed by atoms with Gasteiger partial charge in [0, 0.05) is 11.4 Å². The Balaban J connectivity index is 3.38. The summed E-state index contributed by atoms with van der Waals surface area (Å²) in [6.45, 7) is 7.71. The Hall–Kier alpha value is 0.250. The molecule has 0 aromatic carbocycles. The number of halogens is 1. The predicted molar refractivity (Wildman–Crippen MR) is 52.3 cm³/mol. The average Bonchev–Trinajstić information content (AvgIpc) is 1.87. The molecule has 0 rings (SSSR count). The maximum absolute atomic E-state index is 5.66. The first-order valence-corrected chi connectivity index (χ1v) is 4.97. The number of alkyl halides is 1. The molecule has 1 N–H and O–H groups in total. The molecule has 0 aromatic heterocycles. The molecule has 0 aliphatic carbocycles. The van der Waals surface area contributed by atoms with E-state index in [4.69, 9.17) is 11.6 Å². The van der Waals surface area contributed by atoms with Crippen LogP contribution in [-0.2, 0) is 0 Å². The van der Waals surface area contributed by atoms with Crippen molar-refractivity contribution in [1.29, 1.82) is 0 Å². The van der Waals surface area contributed by atoms with Crippen LogP contribution in [0, 0.1) is 0 Å². The van der Waals surface area contributed by atoms with E-state index < -0.39 is 0 Å². The van der Waals surface area contributed by atoms with Gasteiger partial charge in [-0.05, 0) is 33.2 Å². The van der Waals surface area contributed by atoms with Gasteiger partial charge >= 0.3 is 0 Å². The van der Waals surface area contributed by atoms with Crippen LogP contribution in [0.1, 0.15) is 40.0 Å². The third kappa shape index (κ3) is 6.64. The molecule has 68 valence electrons. The highest BCUT2D eigenvalue weighted by molar-refractivity contribution is 6.17. The summed E-state index contributed by atoms with van der Waals surface area (Å²) >= 11 is 5.66. The Morgan fingerprint density at radius 2 is 2.00 bits per heavy atom. The van der Waals surface area contributed by atoms with Gasteiger partial charge in [-0.1, -0.05) is 13.3 Å². The first-order valence-electron chi connectivity index (χ1n) is 4.43. The summed E-state index contributed by atoms with van der Waals surface area (Å²) in [6.07, 6.45) is 3.55. The topological polar surface area (TPSA) is 12.0 Å². The van der Waals surface area contributed by atoms with E-state index in [0.29, 0.717) is 0 Å². The van der Waals surface area contributed by atoms with E-state index in [-0.39, 0.29) is 5.54 Å². The smallest absolute Gasteiger partial charge is 0.0240 e. The second-order valence-corrected chi connectivity index (χ2v) is 3.98. The van der Waals surface area contributed by atoms with E-state index in [1.807, 2.05) is 0 Å². The van der Waals surface area contributed by atoms with Crippen molar-refractivity contribution >= 4 is 11.6 Å². The van der Waals surface area contributed by atoms with Crippen LogP contribution in [-0.4, -0.2) is 18.0 Å². The zero-order valence-electron chi connectivity index (χ0n) is 7.91. The van der Waals surface area contributed by atoms with E-state index in [2.05, 4.69) is 26.1 Å². The van der Waals surface area contributed by atoms with Crippen molar-refractivity contribution in [2.24, 2.45) is 0 Å². The lowest BCUT2D eigenvalue weighted by Crippen LogP contribution is -2.40. The molecule has 0 radical (unpaired) electrons. The van der Waals surface area contributed by atoms with E-state index in [1.54, 1.807) is 0 Å².